The smallest absolute Gasteiger partial charge is 0.235 e. The Labute approximate surface area is 89.9 Å². The van der Waals surface area contributed by atoms with Crippen LogP contribution < -0.4 is 10.5 Å². The minimum atomic E-state index is 0.316. The number of rotatable bonds is 5. The molecule has 82 valence electrons. The van der Waals surface area contributed by atoms with Crippen molar-refractivity contribution >= 4 is 0 Å². The van der Waals surface area contributed by atoms with Crippen LogP contribution in [0.1, 0.15) is 25.0 Å². The van der Waals surface area contributed by atoms with E-state index in [1.54, 1.807) is 19.5 Å². The normalized spacial score (nSPS) is 17.5. The summed E-state index contributed by atoms with van der Waals surface area (Å²) in [5.41, 5.74) is 6.94. The molecule has 2 N–H and O–H groups in total. The Morgan fingerprint density at radius 3 is 2.87 bits per heavy atom. The van der Waals surface area contributed by atoms with Crippen LogP contribution in [0.25, 0.3) is 0 Å². The molecule has 1 aliphatic carbocycles. The molecule has 1 unspecified atom stereocenters. The van der Waals surface area contributed by atoms with E-state index >= 15 is 0 Å². The predicted octanol–water partition coefficient (Wildman–Crippen LogP) is 1.16. The van der Waals surface area contributed by atoms with Gasteiger partial charge in [-0.05, 0) is 31.6 Å². The van der Waals surface area contributed by atoms with E-state index in [4.69, 9.17) is 10.5 Å². The molecule has 0 amide bonds. The van der Waals surface area contributed by atoms with Crippen molar-refractivity contribution in [3.8, 4) is 5.88 Å². The van der Waals surface area contributed by atoms with Crippen LogP contribution in [-0.4, -0.2) is 23.1 Å². The third-order valence-electron chi connectivity index (χ3n) is 2.87. The highest BCUT2D eigenvalue weighted by molar-refractivity contribution is 5.17. The van der Waals surface area contributed by atoms with Gasteiger partial charge in [-0.25, -0.2) is 4.98 Å². The average molecular weight is 207 g/mol. The average Bonchev–Trinajstić information content (AvgIpc) is 3.10. The van der Waals surface area contributed by atoms with Gasteiger partial charge in [0.05, 0.1) is 7.11 Å². The van der Waals surface area contributed by atoms with Crippen LogP contribution in [0.2, 0.25) is 0 Å². The van der Waals surface area contributed by atoms with E-state index in [0.717, 1.165) is 24.5 Å². The Morgan fingerprint density at radius 1 is 1.47 bits per heavy atom. The minimum absolute atomic E-state index is 0.316. The van der Waals surface area contributed by atoms with Crippen molar-refractivity contribution in [1.82, 2.24) is 9.97 Å². The summed E-state index contributed by atoms with van der Waals surface area (Å²) in [6.45, 7) is 0. The lowest BCUT2D eigenvalue weighted by molar-refractivity contribution is 0.387. The first-order valence-electron chi connectivity index (χ1n) is 5.40. The van der Waals surface area contributed by atoms with E-state index in [1.807, 2.05) is 0 Å². The fraction of sp³-hybridized carbons (Fsp3) is 0.636. The van der Waals surface area contributed by atoms with E-state index < -0.39 is 0 Å². The Kier molecular flexibility index (Phi) is 3.16. The number of aryl methyl sites for hydroxylation is 1. The summed E-state index contributed by atoms with van der Waals surface area (Å²) >= 11 is 0. The second kappa shape index (κ2) is 4.57. The summed E-state index contributed by atoms with van der Waals surface area (Å²) in [4.78, 5) is 8.37. The number of aromatic nitrogens is 2. The molecule has 1 aliphatic rings. The van der Waals surface area contributed by atoms with E-state index in [9.17, 15) is 0 Å². The molecule has 0 aliphatic heterocycles. The van der Waals surface area contributed by atoms with Gasteiger partial charge in [-0.3, -0.25) is 4.98 Å². The fourth-order valence-corrected chi connectivity index (χ4v) is 1.76. The summed E-state index contributed by atoms with van der Waals surface area (Å²) in [5, 5.41) is 0. The summed E-state index contributed by atoms with van der Waals surface area (Å²) in [5.74, 6) is 1.37. The third kappa shape index (κ3) is 2.65. The summed E-state index contributed by atoms with van der Waals surface area (Å²) in [6, 6.07) is 0.316. The van der Waals surface area contributed by atoms with Gasteiger partial charge in [0.15, 0.2) is 0 Å². The maximum Gasteiger partial charge on any atom is 0.235 e. The Bertz CT molecular complexity index is 325. The highest BCUT2D eigenvalue weighted by atomic mass is 16.5. The Hall–Kier alpha value is -1.16. The predicted molar refractivity (Wildman–Crippen MR) is 57.6 cm³/mol. The summed E-state index contributed by atoms with van der Waals surface area (Å²) < 4.78 is 5.14. The Balaban J connectivity index is 1.91. The van der Waals surface area contributed by atoms with E-state index in [2.05, 4.69) is 9.97 Å². The van der Waals surface area contributed by atoms with Crippen molar-refractivity contribution in [3.05, 3.63) is 18.1 Å². The molecule has 1 aromatic heterocycles. The molecule has 0 saturated heterocycles. The second-order valence-electron chi connectivity index (χ2n) is 4.05. The van der Waals surface area contributed by atoms with Crippen LogP contribution in [-0.2, 0) is 6.42 Å². The topological polar surface area (TPSA) is 61.0 Å². The first-order chi connectivity index (χ1) is 7.31. The number of nitrogens with two attached hydrogens (primary N) is 1. The highest BCUT2D eigenvalue weighted by Crippen LogP contribution is 2.33. The van der Waals surface area contributed by atoms with Crippen molar-refractivity contribution in [2.75, 3.05) is 7.11 Å². The Morgan fingerprint density at radius 2 is 2.20 bits per heavy atom. The van der Waals surface area contributed by atoms with Crippen LogP contribution in [0.15, 0.2) is 12.4 Å². The maximum atomic E-state index is 6.03. The number of ether oxygens (including phenoxy) is 1. The van der Waals surface area contributed by atoms with Crippen molar-refractivity contribution < 1.29 is 4.74 Å². The monoisotopic (exact) mass is 207 g/mol. The maximum absolute atomic E-state index is 6.03. The zero-order valence-electron chi connectivity index (χ0n) is 9.02. The number of hydrogen-bond donors (Lipinski definition) is 1. The van der Waals surface area contributed by atoms with Gasteiger partial charge in [-0.2, -0.15) is 0 Å². The molecule has 1 saturated carbocycles. The van der Waals surface area contributed by atoms with Gasteiger partial charge >= 0.3 is 0 Å². The molecule has 2 rings (SSSR count). The highest BCUT2D eigenvalue weighted by Gasteiger charge is 2.28. The molecular formula is C11H17N3O. The summed E-state index contributed by atoms with van der Waals surface area (Å²) in [6.07, 6.45) is 7.75. The van der Waals surface area contributed by atoms with Gasteiger partial charge in [0.25, 0.3) is 0 Å². The standard InChI is InChI=1S/C11H17N3O/c1-15-11-10(13-6-7-14-11)5-4-9(12)8-2-3-8/h6-9H,2-5,12H2,1H3. The van der Waals surface area contributed by atoms with E-state index in [-0.39, 0.29) is 0 Å². The van der Waals surface area contributed by atoms with E-state index in [1.165, 1.54) is 12.8 Å². The molecule has 15 heavy (non-hydrogen) atoms. The van der Waals surface area contributed by atoms with E-state index in [0.29, 0.717) is 11.9 Å². The van der Waals surface area contributed by atoms with Crippen molar-refractivity contribution in [1.29, 1.82) is 0 Å². The molecule has 0 spiro atoms. The van der Waals surface area contributed by atoms with Gasteiger partial charge in [0.2, 0.25) is 5.88 Å². The van der Waals surface area contributed by atoms with Crippen molar-refractivity contribution in [2.45, 2.75) is 31.7 Å². The first kappa shape index (κ1) is 10.4. The molecule has 1 aromatic rings. The summed E-state index contributed by atoms with van der Waals surface area (Å²) in [7, 11) is 1.62. The van der Waals surface area contributed by atoms with Crippen LogP contribution >= 0.6 is 0 Å². The molecule has 4 nitrogen and oxygen atoms in total. The third-order valence-corrected chi connectivity index (χ3v) is 2.87. The molecule has 1 atom stereocenters. The van der Waals surface area contributed by atoms with Crippen molar-refractivity contribution in [3.63, 3.8) is 0 Å². The number of methoxy groups -OCH3 is 1. The van der Waals surface area contributed by atoms with Gasteiger partial charge in [-0.1, -0.05) is 0 Å². The quantitative estimate of drug-likeness (QED) is 0.787. The van der Waals surface area contributed by atoms with Gasteiger partial charge in [0, 0.05) is 18.4 Å². The van der Waals surface area contributed by atoms with Crippen LogP contribution in [0.4, 0.5) is 0 Å². The molecule has 0 radical (unpaired) electrons. The van der Waals surface area contributed by atoms with Gasteiger partial charge < -0.3 is 10.5 Å². The molecule has 0 aromatic carbocycles. The molecule has 1 fully saturated rings. The second-order valence-corrected chi connectivity index (χ2v) is 4.05. The van der Waals surface area contributed by atoms with Gasteiger partial charge in [0.1, 0.15) is 5.69 Å². The zero-order valence-corrected chi connectivity index (χ0v) is 9.02. The zero-order chi connectivity index (χ0) is 10.7. The lowest BCUT2D eigenvalue weighted by Crippen LogP contribution is -2.23. The number of hydrogen-bond acceptors (Lipinski definition) is 4. The molecule has 1 heterocycles. The molecular weight excluding hydrogens is 190 g/mol. The molecule has 0 bridgehead atoms. The van der Waals surface area contributed by atoms with Crippen LogP contribution in [0, 0.1) is 5.92 Å². The lowest BCUT2D eigenvalue weighted by atomic mass is 10.1. The molecule has 4 heteroatoms. The lowest BCUT2D eigenvalue weighted by Gasteiger charge is -2.10. The SMILES string of the molecule is COc1nccnc1CCC(N)C1CC1. The van der Waals surface area contributed by atoms with Gasteiger partial charge in [-0.15, -0.1) is 0 Å². The largest absolute Gasteiger partial charge is 0.480 e. The minimum Gasteiger partial charge on any atom is -0.480 e. The fourth-order valence-electron chi connectivity index (χ4n) is 1.76. The van der Waals surface area contributed by atoms with Crippen molar-refractivity contribution in [2.24, 2.45) is 11.7 Å². The number of nitrogens with zero attached hydrogens (tertiary/aromatic N) is 2. The van der Waals surface area contributed by atoms with Crippen LogP contribution in [0.5, 0.6) is 5.88 Å². The first-order valence-corrected chi connectivity index (χ1v) is 5.40. The van der Waals surface area contributed by atoms with Crippen LogP contribution in [0.3, 0.4) is 0 Å².